The van der Waals surface area contributed by atoms with E-state index in [-0.39, 0.29) is 11.5 Å². The van der Waals surface area contributed by atoms with Crippen LogP contribution in [0.4, 0.5) is 0 Å². The molecule has 4 heterocycles. The van der Waals surface area contributed by atoms with E-state index in [0.29, 0.717) is 19.3 Å². The van der Waals surface area contributed by atoms with Gasteiger partial charge in [-0.2, -0.15) is 20.7 Å². The normalized spacial score (nSPS) is 20.9. The summed E-state index contributed by atoms with van der Waals surface area (Å²) in [6.45, 7) is 1.95. The van der Waals surface area contributed by atoms with Crippen molar-refractivity contribution in [1.29, 1.82) is 10.5 Å². The summed E-state index contributed by atoms with van der Waals surface area (Å²) in [5, 5.41) is 30.3. The van der Waals surface area contributed by atoms with Crippen LogP contribution in [-0.4, -0.2) is 29.4 Å². The number of hydrogen-bond acceptors (Lipinski definition) is 5. The molecule has 1 aliphatic carbocycles. The number of hydrogen-bond donors (Lipinski definition) is 1. The highest BCUT2D eigenvalue weighted by atomic mass is 15.3. The highest BCUT2D eigenvalue weighted by Crippen LogP contribution is 2.46. The zero-order valence-corrected chi connectivity index (χ0v) is 15.9. The summed E-state index contributed by atoms with van der Waals surface area (Å²) in [5.41, 5.74) is 5.18. The number of fused-ring (bicyclic) bond motifs is 1. The largest absolute Gasteiger partial charge is 0.300 e. The summed E-state index contributed by atoms with van der Waals surface area (Å²) in [5.74, 6) is -0.0108. The minimum Gasteiger partial charge on any atom is -0.300 e. The predicted octanol–water partition coefficient (Wildman–Crippen LogP) is 3.44. The Labute approximate surface area is 167 Å². The van der Waals surface area contributed by atoms with Crippen LogP contribution < -0.4 is 0 Å². The van der Waals surface area contributed by atoms with Crippen LogP contribution in [0.1, 0.15) is 25.0 Å². The van der Waals surface area contributed by atoms with Crippen molar-refractivity contribution >= 4 is 5.65 Å². The molecule has 8 heteroatoms. The molecular formula is C21H18N8. The minimum atomic E-state index is -0.389. The SMILES string of the molecule is Cc1cc(-c2cc(-c3cnn([C@]4(CC#N)C[C@@H](C#N)C4)c3)n3ccnc3c2)[nH]n1. The molecule has 1 N–H and O–H groups in total. The Kier molecular flexibility index (Phi) is 3.75. The number of aromatic amines is 1. The molecule has 4 aromatic rings. The molecule has 0 amide bonds. The molecule has 0 aromatic carbocycles. The lowest BCUT2D eigenvalue weighted by molar-refractivity contribution is 0.0882. The molecule has 1 saturated carbocycles. The molecule has 1 fully saturated rings. The first-order chi connectivity index (χ1) is 14.1. The van der Waals surface area contributed by atoms with Crippen LogP contribution in [0.15, 0.2) is 43.0 Å². The summed E-state index contributed by atoms with van der Waals surface area (Å²) >= 11 is 0. The van der Waals surface area contributed by atoms with Crippen LogP contribution in [0.25, 0.3) is 28.2 Å². The van der Waals surface area contributed by atoms with Gasteiger partial charge in [-0.25, -0.2) is 4.98 Å². The van der Waals surface area contributed by atoms with Gasteiger partial charge in [-0.15, -0.1) is 0 Å². The molecule has 0 bridgehead atoms. The molecule has 142 valence electrons. The number of rotatable bonds is 4. The molecule has 5 rings (SSSR count). The van der Waals surface area contributed by atoms with Crippen LogP contribution in [0.2, 0.25) is 0 Å². The van der Waals surface area contributed by atoms with E-state index in [0.717, 1.165) is 33.9 Å². The molecule has 1 aliphatic rings. The Hall–Kier alpha value is -3.91. The first-order valence-electron chi connectivity index (χ1n) is 9.43. The third-order valence-corrected chi connectivity index (χ3v) is 5.73. The van der Waals surface area contributed by atoms with Crippen LogP contribution in [0.5, 0.6) is 0 Å². The van der Waals surface area contributed by atoms with Gasteiger partial charge in [-0.1, -0.05) is 0 Å². The summed E-state index contributed by atoms with van der Waals surface area (Å²) < 4.78 is 3.89. The molecule has 0 saturated heterocycles. The average molecular weight is 382 g/mol. The van der Waals surface area contributed by atoms with Crippen LogP contribution in [-0.2, 0) is 5.54 Å². The number of nitrogens with zero attached hydrogens (tertiary/aromatic N) is 7. The first kappa shape index (κ1) is 17.2. The van der Waals surface area contributed by atoms with Gasteiger partial charge in [0, 0.05) is 29.7 Å². The molecule has 8 nitrogen and oxygen atoms in total. The van der Waals surface area contributed by atoms with Crippen LogP contribution >= 0.6 is 0 Å². The molecule has 0 radical (unpaired) electrons. The average Bonchev–Trinajstić information content (AvgIpc) is 3.43. The number of imidazole rings is 1. The van der Waals surface area contributed by atoms with E-state index >= 15 is 0 Å². The van der Waals surface area contributed by atoms with E-state index in [1.165, 1.54) is 0 Å². The maximum Gasteiger partial charge on any atom is 0.137 e. The summed E-state index contributed by atoms with van der Waals surface area (Å²) in [4.78, 5) is 4.45. The summed E-state index contributed by atoms with van der Waals surface area (Å²) in [6.07, 6.45) is 9.14. The second-order valence-electron chi connectivity index (χ2n) is 7.67. The van der Waals surface area contributed by atoms with Gasteiger partial charge in [-0.3, -0.25) is 14.2 Å². The molecule has 29 heavy (non-hydrogen) atoms. The van der Waals surface area contributed by atoms with Gasteiger partial charge < -0.3 is 0 Å². The third-order valence-electron chi connectivity index (χ3n) is 5.73. The zero-order chi connectivity index (χ0) is 20.0. The van der Waals surface area contributed by atoms with Gasteiger partial charge in [0.2, 0.25) is 0 Å². The van der Waals surface area contributed by atoms with E-state index < -0.39 is 0 Å². The molecule has 0 aliphatic heterocycles. The molecule has 0 atom stereocenters. The van der Waals surface area contributed by atoms with Crippen LogP contribution in [0.3, 0.4) is 0 Å². The van der Waals surface area contributed by atoms with Gasteiger partial charge in [0.25, 0.3) is 0 Å². The number of H-pyrrole nitrogens is 1. The molecule has 0 spiro atoms. The molecule has 4 aromatic heterocycles. The predicted molar refractivity (Wildman–Crippen MR) is 105 cm³/mol. The van der Waals surface area contributed by atoms with Crippen molar-refractivity contribution in [2.24, 2.45) is 5.92 Å². The minimum absolute atomic E-state index is 0.0108. The number of pyridine rings is 1. The second-order valence-corrected chi connectivity index (χ2v) is 7.67. The van der Waals surface area contributed by atoms with Gasteiger partial charge in [0.05, 0.1) is 53.3 Å². The van der Waals surface area contributed by atoms with Crippen LogP contribution in [0, 0.1) is 35.5 Å². The van der Waals surface area contributed by atoms with Crippen molar-refractivity contribution in [3.05, 3.63) is 48.7 Å². The standard InChI is InChI=1S/C21H18N8/c1-14-6-18(27-26-14)16-7-19(28-5-4-24-20(28)8-16)17-12-25-29(13-17)21(2-3-22)9-15(10-21)11-23/h4-8,12-13,15H,2,9-10H2,1H3,(H,26,27)/t15-,21-. The molecule has 0 unspecified atom stereocenters. The highest BCUT2D eigenvalue weighted by molar-refractivity contribution is 5.73. The smallest absolute Gasteiger partial charge is 0.137 e. The number of nitriles is 2. The Bertz CT molecular complexity index is 1290. The number of aryl methyl sites for hydroxylation is 1. The zero-order valence-electron chi connectivity index (χ0n) is 15.9. The fourth-order valence-electron chi connectivity index (χ4n) is 4.19. The topological polar surface area (TPSA) is 111 Å². The van der Waals surface area contributed by atoms with Crippen molar-refractivity contribution in [3.8, 4) is 34.7 Å². The van der Waals surface area contributed by atoms with E-state index in [4.69, 9.17) is 0 Å². The fraction of sp³-hybridized carbons (Fsp3) is 0.286. The third kappa shape index (κ3) is 2.69. The Balaban J connectivity index is 1.59. The highest BCUT2D eigenvalue weighted by Gasteiger charge is 2.46. The summed E-state index contributed by atoms with van der Waals surface area (Å²) in [7, 11) is 0. The first-order valence-corrected chi connectivity index (χ1v) is 9.43. The van der Waals surface area contributed by atoms with E-state index in [1.54, 1.807) is 6.20 Å². The monoisotopic (exact) mass is 382 g/mol. The van der Waals surface area contributed by atoms with E-state index in [9.17, 15) is 10.5 Å². The van der Waals surface area contributed by atoms with E-state index in [2.05, 4.69) is 38.5 Å². The lowest BCUT2D eigenvalue weighted by Crippen LogP contribution is -2.46. The van der Waals surface area contributed by atoms with E-state index in [1.807, 2.05) is 46.7 Å². The fourth-order valence-corrected chi connectivity index (χ4v) is 4.19. The van der Waals surface area contributed by atoms with Gasteiger partial charge in [-0.05, 0) is 38.0 Å². The number of nitrogens with one attached hydrogen (secondary N) is 1. The Morgan fingerprint density at radius 2 is 2.10 bits per heavy atom. The lowest BCUT2D eigenvalue weighted by Gasteiger charge is -2.43. The quantitative estimate of drug-likeness (QED) is 0.581. The van der Waals surface area contributed by atoms with Crippen molar-refractivity contribution < 1.29 is 0 Å². The summed E-state index contributed by atoms with van der Waals surface area (Å²) in [6, 6.07) is 10.7. The van der Waals surface area contributed by atoms with Crippen molar-refractivity contribution in [3.63, 3.8) is 0 Å². The van der Waals surface area contributed by atoms with Gasteiger partial charge in [0.1, 0.15) is 5.65 Å². The van der Waals surface area contributed by atoms with Gasteiger partial charge >= 0.3 is 0 Å². The van der Waals surface area contributed by atoms with Crippen molar-refractivity contribution in [2.45, 2.75) is 31.7 Å². The number of aromatic nitrogens is 6. The second kappa shape index (κ2) is 6.32. The molecular weight excluding hydrogens is 364 g/mol. The Morgan fingerprint density at radius 1 is 1.24 bits per heavy atom. The Morgan fingerprint density at radius 3 is 2.83 bits per heavy atom. The maximum atomic E-state index is 9.29. The van der Waals surface area contributed by atoms with Crippen molar-refractivity contribution in [2.75, 3.05) is 0 Å². The van der Waals surface area contributed by atoms with Gasteiger partial charge in [0.15, 0.2) is 0 Å². The maximum absolute atomic E-state index is 9.29. The van der Waals surface area contributed by atoms with Crippen molar-refractivity contribution in [1.82, 2.24) is 29.4 Å². The lowest BCUT2D eigenvalue weighted by atomic mass is 9.67.